The number of H-pyrrole nitrogens is 1. The fraction of sp³-hybridized carbons (Fsp3) is 0. The molecule has 11 aromatic rings. The Morgan fingerprint density at radius 3 is 0.863 bits per heavy atom. The number of hydrogen-bond acceptors (Lipinski definition) is 0. The van der Waals surface area contributed by atoms with E-state index in [1.807, 2.05) is 0 Å². The highest BCUT2D eigenvalue weighted by atomic mass is 15.0. The van der Waals surface area contributed by atoms with Crippen LogP contribution in [0, 0.1) is 0 Å². The Balaban J connectivity index is 0.000000210. The van der Waals surface area contributed by atoms with E-state index in [-0.39, 0.29) is 0 Å². The van der Waals surface area contributed by atoms with E-state index < -0.39 is 0 Å². The van der Waals surface area contributed by atoms with Gasteiger partial charge in [0, 0.05) is 54.7 Å². The van der Waals surface area contributed by atoms with Crippen molar-refractivity contribution in [2.75, 3.05) is 0 Å². The summed E-state index contributed by atoms with van der Waals surface area (Å²) >= 11 is 0. The average molecular weight is 652 g/mol. The third kappa shape index (κ3) is 4.82. The van der Waals surface area contributed by atoms with Crippen LogP contribution in [0.25, 0.3) is 87.9 Å². The Kier molecular flexibility index (Phi) is 6.81. The summed E-state index contributed by atoms with van der Waals surface area (Å²) in [5, 5.41) is 7.75. The van der Waals surface area contributed by atoms with Gasteiger partial charge >= 0.3 is 0 Å². The summed E-state index contributed by atoms with van der Waals surface area (Å²) in [5.74, 6) is 0. The van der Waals surface area contributed by atoms with Crippen molar-refractivity contribution in [1.29, 1.82) is 0 Å². The van der Waals surface area contributed by atoms with Crippen molar-refractivity contribution in [2.24, 2.45) is 0 Å². The SMILES string of the molecule is c1ccc2c(c1)[nH]c1ccccc12.c1ccc2c(c1)c1ccccc1n2-c1ccc(-c2ccc(-n3c4ccccc4c4ccccc43)cc2)cc1. The lowest BCUT2D eigenvalue weighted by Gasteiger charge is -2.11. The molecule has 1 N–H and O–H groups in total. The number of fused-ring (bicyclic) bond motifs is 9. The third-order valence-corrected chi connectivity index (χ3v) is 10.2. The molecule has 8 aromatic carbocycles. The van der Waals surface area contributed by atoms with E-state index in [0.717, 1.165) is 0 Å². The van der Waals surface area contributed by atoms with Gasteiger partial charge in [-0.2, -0.15) is 0 Å². The molecule has 11 rings (SSSR count). The molecule has 0 atom stereocenters. The molecule has 0 aliphatic carbocycles. The van der Waals surface area contributed by atoms with E-state index in [2.05, 4.69) is 208 Å². The third-order valence-electron chi connectivity index (χ3n) is 10.2. The normalized spacial score (nSPS) is 11.5. The summed E-state index contributed by atoms with van der Waals surface area (Å²) in [6.07, 6.45) is 0. The van der Waals surface area contributed by atoms with Gasteiger partial charge in [-0.25, -0.2) is 0 Å². The van der Waals surface area contributed by atoms with Crippen molar-refractivity contribution in [2.45, 2.75) is 0 Å². The zero-order valence-electron chi connectivity index (χ0n) is 27.9. The zero-order valence-corrected chi connectivity index (χ0v) is 27.9. The van der Waals surface area contributed by atoms with Gasteiger partial charge in [0.15, 0.2) is 0 Å². The van der Waals surface area contributed by atoms with Crippen LogP contribution in [-0.4, -0.2) is 14.1 Å². The second-order valence-electron chi connectivity index (χ2n) is 13.0. The first-order valence-corrected chi connectivity index (χ1v) is 17.4. The lowest BCUT2D eigenvalue weighted by atomic mass is 10.0. The monoisotopic (exact) mass is 651 g/mol. The Morgan fingerprint density at radius 2 is 0.529 bits per heavy atom. The van der Waals surface area contributed by atoms with Gasteiger partial charge in [0.2, 0.25) is 0 Å². The van der Waals surface area contributed by atoms with Crippen molar-refractivity contribution in [3.63, 3.8) is 0 Å². The summed E-state index contributed by atoms with van der Waals surface area (Å²) in [6.45, 7) is 0. The molecular formula is C48H33N3. The molecule has 3 aromatic heterocycles. The molecule has 0 aliphatic heterocycles. The predicted octanol–water partition coefficient (Wildman–Crippen LogP) is 12.9. The number of nitrogens with zero attached hydrogens (tertiary/aromatic N) is 2. The number of hydrogen-bond donors (Lipinski definition) is 1. The van der Waals surface area contributed by atoms with Crippen molar-refractivity contribution >= 4 is 65.4 Å². The Hall–Kier alpha value is -6.84. The minimum atomic E-state index is 1.17. The van der Waals surface area contributed by atoms with E-state index >= 15 is 0 Å². The van der Waals surface area contributed by atoms with Gasteiger partial charge in [-0.15, -0.1) is 0 Å². The quantitative estimate of drug-likeness (QED) is 0.197. The molecule has 3 heterocycles. The fourth-order valence-electron chi connectivity index (χ4n) is 7.81. The molecule has 0 radical (unpaired) electrons. The second-order valence-corrected chi connectivity index (χ2v) is 13.0. The fourth-order valence-corrected chi connectivity index (χ4v) is 7.81. The van der Waals surface area contributed by atoms with Crippen molar-refractivity contribution in [3.05, 3.63) is 194 Å². The number of para-hydroxylation sites is 6. The molecule has 0 aliphatic rings. The molecule has 240 valence electrons. The van der Waals surface area contributed by atoms with Gasteiger partial charge in [0.05, 0.1) is 22.1 Å². The number of rotatable bonds is 3. The van der Waals surface area contributed by atoms with E-state index in [4.69, 9.17) is 0 Å². The van der Waals surface area contributed by atoms with Crippen molar-refractivity contribution in [3.8, 4) is 22.5 Å². The Bertz CT molecular complexity index is 2700. The molecule has 0 unspecified atom stereocenters. The summed E-state index contributed by atoms with van der Waals surface area (Å²) in [4.78, 5) is 3.38. The predicted molar refractivity (Wildman–Crippen MR) is 216 cm³/mol. The number of aromatic amines is 1. The molecule has 0 fully saturated rings. The first-order valence-electron chi connectivity index (χ1n) is 17.4. The number of aromatic nitrogens is 3. The van der Waals surface area contributed by atoms with Gasteiger partial charge in [-0.1, -0.05) is 133 Å². The largest absolute Gasteiger partial charge is 0.355 e. The molecule has 3 heteroatoms. The maximum atomic E-state index is 3.38. The summed E-state index contributed by atoms with van der Waals surface area (Å²) in [6, 6.07) is 69.2. The molecule has 3 nitrogen and oxygen atoms in total. The highest BCUT2D eigenvalue weighted by Crippen LogP contribution is 2.34. The second kappa shape index (κ2) is 11.9. The molecule has 0 bridgehead atoms. The van der Waals surface area contributed by atoms with Gasteiger partial charge < -0.3 is 14.1 Å². The smallest absolute Gasteiger partial charge is 0.0541 e. The standard InChI is InChI=1S/C36H24N2.C12H9N/c1-5-13-33-29(9-1)30-10-2-6-14-34(30)37(33)27-21-17-25(18-22-27)26-19-23-28(24-20-26)38-35-15-7-3-11-31(35)32-12-4-8-16-36(32)38;1-3-7-11-9(5-1)10-6-2-4-8-12(10)13-11/h1-24H;1-8,13H. The highest BCUT2D eigenvalue weighted by molar-refractivity contribution is 6.10. The molecule has 0 saturated carbocycles. The molecule has 0 spiro atoms. The lowest BCUT2D eigenvalue weighted by Crippen LogP contribution is -1.94. The zero-order chi connectivity index (χ0) is 33.7. The van der Waals surface area contributed by atoms with Crippen LogP contribution in [0.2, 0.25) is 0 Å². The minimum Gasteiger partial charge on any atom is -0.355 e. The number of nitrogens with one attached hydrogen (secondary N) is 1. The molecular weight excluding hydrogens is 619 g/mol. The Morgan fingerprint density at radius 1 is 0.255 bits per heavy atom. The van der Waals surface area contributed by atoms with E-state index in [9.17, 15) is 0 Å². The summed E-state index contributed by atoms with van der Waals surface area (Å²) in [5.41, 5.74) is 12.1. The van der Waals surface area contributed by atoms with Crippen molar-refractivity contribution in [1.82, 2.24) is 14.1 Å². The van der Waals surface area contributed by atoms with Crippen LogP contribution in [0.5, 0.6) is 0 Å². The van der Waals surface area contributed by atoms with Gasteiger partial charge in [-0.05, 0) is 71.8 Å². The maximum absolute atomic E-state index is 3.38. The average Bonchev–Trinajstić information content (AvgIpc) is 3.86. The van der Waals surface area contributed by atoms with Crippen LogP contribution in [0.4, 0.5) is 0 Å². The van der Waals surface area contributed by atoms with Crippen LogP contribution in [0.15, 0.2) is 194 Å². The first kappa shape index (κ1) is 29.1. The lowest BCUT2D eigenvalue weighted by molar-refractivity contribution is 1.18. The molecule has 0 amide bonds. The van der Waals surface area contributed by atoms with Gasteiger partial charge in [0.25, 0.3) is 0 Å². The van der Waals surface area contributed by atoms with Crippen LogP contribution in [0.3, 0.4) is 0 Å². The van der Waals surface area contributed by atoms with E-state index in [1.54, 1.807) is 0 Å². The highest BCUT2D eigenvalue weighted by Gasteiger charge is 2.13. The maximum Gasteiger partial charge on any atom is 0.0541 e. The van der Waals surface area contributed by atoms with Crippen LogP contribution >= 0.6 is 0 Å². The molecule has 0 saturated heterocycles. The molecule has 51 heavy (non-hydrogen) atoms. The Labute approximate surface area is 295 Å². The minimum absolute atomic E-state index is 1.17. The first-order chi connectivity index (χ1) is 25.3. The summed E-state index contributed by atoms with van der Waals surface area (Å²) in [7, 11) is 0. The van der Waals surface area contributed by atoms with E-state index in [1.165, 1.54) is 87.9 Å². The van der Waals surface area contributed by atoms with Gasteiger partial charge in [0.1, 0.15) is 0 Å². The van der Waals surface area contributed by atoms with E-state index in [0.29, 0.717) is 0 Å². The van der Waals surface area contributed by atoms with Gasteiger partial charge in [-0.3, -0.25) is 0 Å². The van der Waals surface area contributed by atoms with Crippen LogP contribution in [-0.2, 0) is 0 Å². The summed E-state index contributed by atoms with van der Waals surface area (Å²) < 4.78 is 4.72. The van der Waals surface area contributed by atoms with Crippen LogP contribution in [0.1, 0.15) is 0 Å². The number of benzene rings is 8. The van der Waals surface area contributed by atoms with Crippen LogP contribution < -0.4 is 0 Å². The van der Waals surface area contributed by atoms with Crippen molar-refractivity contribution < 1.29 is 0 Å². The topological polar surface area (TPSA) is 25.6 Å².